The van der Waals surface area contributed by atoms with Gasteiger partial charge in [-0.05, 0) is 18.2 Å². The molecule has 0 unspecified atom stereocenters. The zero-order chi connectivity index (χ0) is 10.8. The molecule has 1 aromatic heterocycles. The molecule has 0 saturated carbocycles. The van der Waals surface area contributed by atoms with Gasteiger partial charge >= 0.3 is 0 Å². The van der Waals surface area contributed by atoms with Gasteiger partial charge in [0, 0.05) is 22.6 Å². The Kier molecular flexibility index (Phi) is 3.32. The summed E-state index contributed by atoms with van der Waals surface area (Å²) in [6.07, 6.45) is 3.07. The molecule has 2 heterocycles. The number of nitrogens with zero attached hydrogens (tertiary/aromatic N) is 1. The second-order valence-electron chi connectivity index (χ2n) is 4.14. The van der Waals surface area contributed by atoms with Gasteiger partial charge in [0.05, 0.1) is 18.9 Å². The van der Waals surface area contributed by atoms with Crippen molar-refractivity contribution in [2.45, 2.75) is 37.7 Å². The molecule has 0 N–H and O–H groups in total. The minimum absolute atomic E-state index is 0.501. The molecule has 1 aliphatic rings. The largest absolute Gasteiger partial charge is 0.376 e. The lowest BCUT2D eigenvalue weighted by molar-refractivity contribution is 0.109. The molecule has 0 saturated heterocycles. The highest BCUT2D eigenvalue weighted by Gasteiger charge is 2.16. The van der Waals surface area contributed by atoms with Crippen LogP contribution in [0.3, 0.4) is 0 Å². The van der Waals surface area contributed by atoms with E-state index in [-0.39, 0.29) is 0 Å². The van der Waals surface area contributed by atoms with E-state index in [4.69, 9.17) is 9.72 Å². The van der Waals surface area contributed by atoms with E-state index in [0.717, 1.165) is 19.6 Å². The van der Waals surface area contributed by atoms with Crippen molar-refractivity contribution in [1.29, 1.82) is 0 Å². The first-order valence-electron chi connectivity index (χ1n) is 5.36. The molecule has 0 aliphatic carbocycles. The first-order chi connectivity index (χ1) is 7.22. The molecule has 0 spiro atoms. The third-order valence-corrected chi connectivity index (χ3v) is 3.46. The highest BCUT2D eigenvalue weighted by Crippen LogP contribution is 2.29. The Bertz CT molecular complexity index is 363. The van der Waals surface area contributed by atoms with Gasteiger partial charge in [0.1, 0.15) is 0 Å². The molecule has 1 aromatic rings. The van der Waals surface area contributed by atoms with Crippen molar-refractivity contribution in [3.63, 3.8) is 0 Å². The summed E-state index contributed by atoms with van der Waals surface area (Å²) in [6.45, 7) is 5.95. The monoisotopic (exact) mass is 223 g/mol. The highest BCUT2D eigenvalue weighted by molar-refractivity contribution is 7.98. The summed E-state index contributed by atoms with van der Waals surface area (Å²) in [5, 5.41) is 0. The molecule has 0 fully saturated rings. The van der Waals surface area contributed by atoms with E-state index in [0.29, 0.717) is 5.92 Å². The number of thioether (sulfide) groups is 1. The molecule has 3 heteroatoms. The van der Waals surface area contributed by atoms with Gasteiger partial charge in [-0.25, -0.2) is 0 Å². The number of fused-ring (bicyclic) bond motifs is 1. The van der Waals surface area contributed by atoms with Crippen LogP contribution in [-0.4, -0.2) is 17.8 Å². The van der Waals surface area contributed by atoms with Gasteiger partial charge in [0.25, 0.3) is 0 Å². The Morgan fingerprint density at radius 3 is 2.93 bits per heavy atom. The van der Waals surface area contributed by atoms with Crippen LogP contribution in [-0.2, 0) is 17.8 Å². The summed E-state index contributed by atoms with van der Waals surface area (Å²) >= 11 is 1.78. The van der Waals surface area contributed by atoms with E-state index in [2.05, 4.69) is 26.2 Å². The zero-order valence-corrected chi connectivity index (χ0v) is 10.4. The van der Waals surface area contributed by atoms with Gasteiger partial charge < -0.3 is 4.74 Å². The summed E-state index contributed by atoms with van der Waals surface area (Å²) in [6, 6.07) is 2.25. The third-order valence-electron chi connectivity index (χ3n) is 2.69. The molecule has 0 atom stereocenters. The van der Waals surface area contributed by atoms with Crippen LogP contribution in [0.15, 0.2) is 11.0 Å². The van der Waals surface area contributed by atoms with E-state index < -0.39 is 0 Å². The third kappa shape index (κ3) is 2.18. The second-order valence-corrected chi connectivity index (χ2v) is 4.99. The normalized spacial score (nSPS) is 15.5. The van der Waals surface area contributed by atoms with Crippen LogP contribution in [0.1, 0.15) is 36.7 Å². The summed E-state index contributed by atoms with van der Waals surface area (Å²) in [4.78, 5) is 6.08. The molecule has 15 heavy (non-hydrogen) atoms. The van der Waals surface area contributed by atoms with E-state index in [1.165, 1.54) is 21.8 Å². The fraction of sp³-hybridized carbons (Fsp3) is 0.583. The van der Waals surface area contributed by atoms with Crippen molar-refractivity contribution in [2.75, 3.05) is 12.9 Å². The fourth-order valence-electron chi connectivity index (χ4n) is 1.86. The molecule has 0 radical (unpaired) electrons. The van der Waals surface area contributed by atoms with Crippen LogP contribution < -0.4 is 0 Å². The number of aromatic nitrogens is 1. The van der Waals surface area contributed by atoms with Gasteiger partial charge in [0.15, 0.2) is 0 Å². The maximum absolute atomic E-state index is 5.45. The predicted octanol–water partition coefficient (Wildman–Crippen LogP) is 3.00. The number of hydrogen-bond donors (Lipinski definition) is 0. The van der Waals surface area contributed by atoms with Gasteiger partial charge in [-0.2, -0.15) is 0 Å². The van der Waals surface area contributed by atoms with Crippen LogP contribution in [0.25, 0.3) is 0 Å². The molecule has 2 nitrogen and oxygen atoms in total. The average Bonchev–Trinajstić information content (AvgIpc) is 2.27. The lowest BCUT2D eigenvalue weighted by Crippen LogP contribution is -2.14. The minimum Gasteiger partial charge on any atom is -0.376 e. The lowest BCUT2D eigenvalue weighted by atomic mass is 10.0. The van der Waals surface area contributed by atoms with Gasteiger partial charge in [0.2, 0.25) is 0 Å². The van der Waals surface area contributed by atoms with Crippen LogP contribution >= 0.6 is 11.8 Å². The maximum atomic E-state index is 5.45. The molecule has 1 aliphatic heterocycles. The molecular formula is C12H17NOS. The molecule has 0 amide bonds. The standard InChI is InChI=1S/C12H17NOS/c1-8(2)12-11(15-3)6-9-7-14-5-4-10(9)13-12/h6,8H,4-5,7H2,1-3H3. The van der Waals surface area contributed by atoms with Crippen molar-refractivity contribution < 1.29 is 4.74 Å². The molecule has 82 valence electrons. The number of ether oxygens (including phenoxy) is 1. The Labute approximate surface area is 95.4 Å². The first-order valence-corrected chi connectivity index (χ1v) is 6.59. The first kappa shape index (κ1) is 11.0. The summed E-state index contributed by atoms with van der Waals surface area (Å²) in [7, 11) is 0. The average molecular weight is 223 g/mol. The number of rotatable bonds is 2. The molecule has 0 bridgehead atoms. The lowest BCUT2D eigenvalue weighted by Gasteiger charge is -2.19. The topological polar surface area (TPSA) is 22.1 Å². The molecule has 0 aromatic carbocycles. The van der Waals surface area contributed by atoms with Crippen LogP contribution in [0.5, 0.6) is 0 Å². The summed E-state index contributed by atoms with van der Waals surface area (Å²) in [5.41, 5.74) is 3.75. The van der Waals surface area contributed by atoms with Gasteiger partial charge in [-0.3, -0.25) is 4.98 Å². The fourth-order valence-corrected chi connectivity index (χ4v) is 2.61. The van der Waals surface area contributed by atoms with Crippen molar-refractivity contribution in [1.82, 2.24) is 4.98 Å². The van der Waals surface area contributed by atoms with Crippen LogP contribution in [0.2, 0.25) is 0 Å². The van der Waals surface area contributed by atoms with E-state index in [1.54, 1.807) is 11.8 Å². The Hall–Kier alpha value is -0.540. The zero-order valence-electron chi connectivity index (χ0n) is 9.54. The Morgan fingerprint density at radius 2 is 2.27 bits per heavy atom. The number of pyridine rings is 1. The molecule has 2 rings (SSSR count). The van der Waals surface area contributed by atoms with Crippen molar-refractivity contribution in [3.8, 4) is 0 Å². The minimum atomic E-state index is 0.501. The van der Waals surface area contributed by atoms with E-state index >= 15 is 0 Å². The van der Waals surface area contributed by atoms with Crippen molar-refractivity contribution >= 4 is 11.8 Å². The Balaban J connectivity index is 2.46. The quantitative estimate of drug-likeness (QED) is 0.720. The van der Waals surface area contributed by atoms with Crippen LogP contribution in [0.4, 0.5) is 0 Å². The van der Waals surface area contributed by atoms with Gasteiger partial charge in [-0.15, -0.1) is 11.8 Å². The SMILES string of the molecule is CSc1cc2c(nc1C(C)C)CCOC2. The smallest absolute Gasteiger partial charge is 0.0735 e. The highest BCUT2D eigenvalue weighted by atomic mass is 32.2. The van der Waals surface area contributed by atoms with Crippen LogP contribution in [0, 0.1) is 0 Å². The van der Waals surface area contributed by atoms with Crippen molar-refractivity contribution in [2.24, 2.45) is 0 Å². The molecular weight excluding hydrogens is 206 g/mol. The van der Waals surface area contributed by atoms with Gasteiger partial charge in [-0.1, -0.05) is 13.8 Å². The summed E-state index contributed by atoms with van der Waals surface area (Å²) < 4.78 is 5.45. The van der Waals surface area contributed by atoms with E-state index in [1.807, 2.05) is 0 Å². The maximum Gasteiger partial charge on any atom is 0.0735 e. The van der Waals surface area contributed by atoms with E-state index in [9.17, 15) is 0 Å². The van der Waals surface area contributed by atoms with Crippen molar-refractivity contribution in [3.05, 3.63) is 23.0 Å². The summed E-state index contributed by atoms with van der Waals surface area (Å²) in [5.74, 6) is 0.501. The second kappa shape index (κ2) is 4.54. The number of hydrogen-bond acceptors (Lipinski definition) is 3. The Morgan fingerprint density at radius 1 is 1.47 bits per heavy atom. The predicted molar refractivity (Wildman–Crippen MR) is 63.5 cm³/mol.